The van der Waals surface area contributed by atoms with E-state index in [4.69, 9.17) is 0 Å². The predicted octanol–water partition coefficient (Wildman–Crippen LogP) is -1.33. The van der Waals surface area contributed by atoms with E-state index in [1.807, 2.05) is 0 Å². The van der Waals surface area contributed by atoms with Gasteiger partial charge in [-0.2, -0.15) is 0 Å². The first-order chi connectivity index (χ1) is 5.71. The Morgan fingerprint density at radius 1 is 0.846 bits per heavy atom. The summed E-state index contributed by atoms with van der Waals surface area (Å²) in [4.78, 5) is 0. The Kier molecular flexibility index (Phi) is 4.87. The van der Waals surface area contributed by atoms with Crippen molar-refractivity contribution < 1.29 is 16.8 Å². The zero-order valence-electron chi connectivity index (χ0n) is 7.78. The molecule has 0 heterocycles. The van der Waals surface area contributed by atoms with Gasteiger partial charge < -0.3 is 5.32 Å². The number of nitrogens with one attached hydrogen (secondary N) is 1. The zero-order chi connectivity index (χ0) is 10.5. The Morgan fingerprint density at radius 2 is 1.15 bits per heavy atom. The van der Waals surface area contributed by atoms with Gasteiger partial charge in [0.1, 0.15) is 19.7 Å². The van der Waals surface area contributed by atoms with Crippen molar-refractivity contribution in [2.75, 3.05) is 37.1 Å². The second kappa shape index (κ2) is 4.92. The van der Waals surface area contributed by atoms with Gasteiger partial charge in [-0.25, -0.2) is 16.8 Å². The summed E-state index contributed by atoms with van der Waals surface area (Å²) in [5.41, 5.74) is 0. The highest BCUT2D eigenvalue weighted by atomic mass is 32.2. The molecule has 0 radical (unpaired) electrons. The average molecular weight is 229 g/mol. The third kappa shape index (κ3) is 11.9. The molecule has 0 unspecified atom stereocenters. The molecule has 0 fully saturated rings. The third-order valence-electron chi connectivity index (χ3n) is 1.30. The van der Waals surface area contributed by atoms with Crippen molar-refractivity contribution in [2.45, 2.75) is 0 Å². The molecule has 0 aromatic heterocycles. The van der Waals surface area contributed by atoms with Crippen LogP contribution in [0.3, 0.4) is 0 Å². The summed E-state index contributed by atoms with van der Waals surface area (Å²) in [6, 6.07) is 0. The molecule has 1 N–H and O–H groups in total. The third-order valence-corrected chi connectivity index (χ3v) is 3.19. The maximum Gasteiger partial charge on any atom is 0.148 e. The Hall–Kier alpha value is -0.140. The summed E-state index contributed by atoms with van der Waals surface area (Å²) in [6.45, 7) is 0.600. The average Bonchev–Trinajstić information content (AvgIpc) is 1.81. The van der Waals surface area contributed by atoms with E-state index in [2.05, 4.69) is 5.32 Å². The van der Waals surface area contributed by atoms with Crippen LogP contribution in [0.2, 0.25) is 0 Å². The summed E-state index contributed by atoms with van der Waals surface area (Å²) in [5, 5.41) is 2.74. The fourth-order valence-corrected chi connectivity index (χ4v) is 1.67. The van der Waals surface area contributed by atoms with Gasteiger partial charge in [0.05, 0.1) is 11.5 Å². The van der Waals surface area contributed by atoms with Crippen LogP contribution < -0.4 is 5.32 Å². The lowest BCUT2D eigenvalue weighted by Gasteiger charge is -2.01. The lowest BCUT2D eigenvalue weighted by atomic mass is 10.7. The summed E-state index contributed by atoms with van der Waals surface area (Å²) < 4.78 is 42.5. The van der Waals surface area contributed by atoms with E-state index in [9.17, 15) is 16.8 Å². The van der Waals surface area contributed by atoms with Crippen molar-refractivity contribution in [1.82, 2.24) is 5.32 Å². The molecule has 7 heteroatoms. The van der Waals surface area contributed by atoms with Gasteiger partial charge in [0.15, 0.2) is 0 Å². The second-order valence-electron chi connectivity index (χ2n) is 3.01. The minimum atomic E-state index is -2.95. The standard InChI is InChI=1S/C6H15NO4S2/c1-12(8,9)5-3-7-4-6-13(2,10)11/h7H,3-6H2,1-2H3. The molecule has 0 spiro atoms. The maximum atomic E-state index is 10.6. The van der Waals surface area contributed by atoms with Crippen LogP contribution in [0.5, 0.6) is 0 Å². The van der Waals surface area contributed by atoms with Crippen molar-refractivity contribution in [1.29, 1.82) is 0 Å². The van der Waals surface area contributed by atoms with E-state index in [-0.39, 0.29) is 11.5 Å². The highest BCUT2D eigenvalue weighted by molar-refractivity contribution is 7.90. The topological polar surface area (TPSA) is 80.3 Å². The fraction of sp³-hybridized carbons (Fsp3) is 1.00. The van der Waals surface area contributed by atoms with E-state index in [0.29, 0.717) is 13.1 Å². The molecule has 0 amide bonds. The molecule has 0 atom stereocenters. The van der Waals surface area contributed by atoms with Gasteiger partial charge in [0, 0.05) is 25.6 Å². The van der Waals surface area contributed by atoms with E-state index >= 15 is 0 Å². The molecule has 0 aromatic rings. The number of sulfone groups is 2. The Bertz CT molecular complexity index is 296. The first-order valence-electron chi connectivity index (χ1n) is 3.77. The van der Waals surface area contributed by atoms with Gasteiger partial charge in [-0.3, -0.25) is 0 Å². The molecule has 0 aliphatic carbocycles. The normalized spacial score (nSPS) is 13.1. The van der Waals surface area contributed by atoms with Crippen molar-refractivity contribution in [3.05, 3.63) is 0 Å². The van der Waals surface area contributed by atoms with Crippen LogP contribution in [-0.4, -0.2) is 53.9 Å². The first kappa shape index (κ1) is 12.9. The van der Waals surface area contributed by atoms with Gasteiger partial charge in [-0.1, -0.05) is 0 Å². The van der Waals surface area contributed by atoms with E-state index in [0.717, 1.165) is 12.5 Å². The van der Waals surface area contributed by atoms with E-state index in [1.54, 1.807) is 0 Å². The minimum Gasteiger partial charge on any atom is -0.315 e. The Labute approximate surface area is 79.4 Å². The molecule has 5 nitrogen and oxygen atoms in total. The Morgan fingerprint density at radius 3 is 1.38 bits per heavy atom. The number of hydrogen-bond donors (Lipinski definition) is 1. The molecule has 0 aliphatic rings. The largest absolute Gasteiger partial charge is 0.315 e. The van der Waals surface area contributed by atoms with E-state index in [1.165, 1.54) is 0 Å². The first-order valence-corrected chi connectivity index (χ1v) is 7.89. The van der Waals surface area contributed by atoms with Crippen molar-refractivity contribution in [3.63, 3.8) is 0 Å². The maximum absolute atomic E-state index is 10.6. The molecular formula is C6H15NO4S2. The highest BCUT2D eigenvalue weighted by Gasteiger charge is 2.03. The fourth-order valence-electron chi connectivity index (χ4n) is 0.640. The predicted molar refractivity (Wildman–Crippen MR) is 52.3 cm³/mol. The molecule has 0 rings (SSSR count). The van der Waals surface area contributed by atoms with Crippen molar-refractivity contribution in [2.24, 2.45) is 0 Å². The van der Waals surface area contributed by atoms with Crippen LogP contribution in [0.25, 0.3) is 0 Å². The smallest absolute Gasteiger partial charge is 0.148 e. The van der Waals surface area contributed by atoms with Crippen molar-refractivity contribution in [3.8, 4) is 0 Å². The monoisotopic (exact) mass is 229 g/mol. The van der Waals surface area contributed by atoms with Crippen LogP contribution in [0, 0.1) is 0 Å². The molecule has 0 bridgehead atoms. The highest BCUT2D eigenvalue weighted by Crippen LogP contribution is 1.81. The minimum absolute atomic E-state index is 0.0385. The van der Waals surface area contributed by atoms with Gasteiger partial charge in [0.2, 0.25) is 0 Å². The van der Waals surface area contributed by atoms with Gasteiger partial charge >= 0.3 is 0 Å². The SMILES string of the molecule is CS(=O)(=O)CCNCCS(C)(=O)=O. The molecule has 0 saturated heterocycles. The van der Waals surface area contributed by atoms with Crippen LogP contribution in [0.15, 0.2) is 0 Å². The van der Waals surface area contributed by atoms with E-state index < -0.39 is 19.7 Å². The lowest BCUT2D eigenvalue weighted by Crippen LogP contribution is -2.27. The molecule has 13 heavy (non-hydrogen) atoms. The van der Waals surface area contributed by atoms with Gasteiger partial charge in [0.25, 0.3) is 0 Å². The molecule has 80 valence electrons. The van der Waals surface area contributed by atoms with Crippen LogP contribution >= 0.6 is 0 Å². The summed E-state index contributed by atoms with van der Waals surface area (Å²) in [7, 11) is -5.90. The zero-order valence-corrected chi connectivity index (χ0v) is 9.41. The van der Waals surface area contributed by atoms with Gasteiger partial charge in [-0.15, -0.1) is 0 Å². The molecule has 0 aromatic carbocycles. The summed E-state index contributed by atoms with van der Waals surface area (Å²) >= 11 is 0. The summed E-state index contributed by atoms with van der Waals surface area (Å²) in [6.07, 6.45) is 2.29. The molecular weight excluding hydrogens is 214 g/mol. The summed E-state index contributed by atoms with van der Waals surface area (Å²) in [5.74, 6) is 0.0769. The second-order valence-corrected chi connectivity index (χ2v) is 7.53. The molecule has 0 aliphatic heterocycles. The van der Waals surface area contributed by atoms with Crippen molar-refractivity contribution >= 4 is 19.7 Å². The van der Waals surface area contributed by atoms with Crippen LogP contribution in [-0.2, 0) is 19.7 Å². The quantitative estimate of drug-likeness (QED) is 0.571. The van der Waals surface area contributed by atoms with Crippen LogP contribution in [0.1, 0.15) is 0 Å². The number of hydrogen-bond acceptors (Lipinski definition) is 5. The van der Waals surface area contributed by atoms with Crippen LogP contribution in [0.4, 0.5) is 0 Å². The van der Waals surface area contributed by atoms with Gasteiger partial charge in [-0.05, 0) is 0 Å². The Balaban J connectivity index is 3.50. The lowest BCUT2D eigenvalue weighted by molar-refractivity contribution is 0.594. The molecule has 0 saturated carbocycles. The number of rotatable bonds is 6.